The highest BCUT2D eigenvalue weighted by Crippen LogP contribution is 2.36. The van der Waals surface area contributed by atoms with E-state index >= 15 is 0 Å². The molecule has 0 spiro atoms. The van der Waals surface area contributed by atoms with Crippen molar-refractivity contribution in [2.45, 2.75) is 19.6 Å². The van der Waals surface area contributed by atoms with Crippen molar-refractivity contribution < 1.29 is 18.3 Å². The van der Waals surface area contributed by atoms with Crippen LogP contribution in [0.15, 0.2) is 36.4 Å². The third kappa shape index (κ3) is 2.26. The molecule has 118 valence electrons. The van der Waals surface area contributed by atoms with Crippen molar-refractivity contribution in [3.8, 4) is 5.75 Å². The summed E-state index contributed by atoms with van der Waals surface area (Å²) in [5, 5.41) is 1.11. The first-order chi connectivity index (χ1) is 11.0. The van der Waals surface area contributed by atoms with Gasteiger partial charge in [-0.3, -0.25) is 4.79 Å². The highest BCUT2D eigenvalue weighted by atomic mass is 19.1. The number of carbonyl (C=O) groups excluding carboxylic acids is 1. The molecule has 1 fully saturated rings. The molecule has 2 aromatic carbocycles. The molecular formula is C17H14F2N2O2. The monoisotopic (exact) mass is 316 g/mol. The summed E-state index contributed by atoms with van der Waals surface area (Å²) >= 11 is 0. The smallest absolute Gasteiger partial charge is 0.250 e. The van der Waals surface area contributed by atoms with E-state index in [1.54, 1.807) is 0 Å². The van der Waals surface area contributed by atoms with Crippen LogP contribution in [0.1, 0.15) is 11.1 Å². The molecule has 6 heteroatoms. The number of amides is 1. The van der Waals surface area contributed by atoms with E-state index in [-0.39, 0.29) is 11.6 Å². The Hall–Kier alpha value is -2.47. The summed E-state index contributed by atoms with van der Waals surface area (Å²) in [6, 6.07) is 8.91. The van der Waals surface area contributed by atoms with Crippen molar-refractivity contribution in [1.82, 2.24) is 5.43 Å². The van der Waals surface area contributed by atoms with Crippen LogP contribution in [-0.2, 0) is 11.2 Å². The van der Waals surface area contributed by atoms with Gasteiger partial charge in [0, 0.05) is 6.07 Å². The van der Waals surface area contributed by atoms with E-state index in [1.807, 2.05) is 25.1 Å². The van der Waals surface area contributed by atoms with Gasteiger partial charge in [-0.15, -0.1) is 0 Å². The summed E-state index contributed by atoms with van der Waals surface area (Å²) < 4.78 is 32.8. The molecule has 1 saturated heterocycles. The fourth-order valence-corrected chi connectivity index (χ4v) is 3.09. The number of nitrogens with zero attached hydrogens (tertiary/aromatic N) is 1. The topological polar surface area (TPSA) is 41.6 Å². The Bertz CT molecular complexity index is 809. The van der Waals surface area contributed by atoms with Crippen LogP contribution in [0, 0.1) is 24.5 Å². The molecule has 2 aliphatic heterocycles. The highest BCUT2D eigenvalue weighted by molar-refractivity contribution is 5.97. The summed E-state index contributed by atoms with van der Waals surface area (Å²) in [4.78, 5) is 12.6. The van der Waals surface area contributed by atoms with Gasteiger partial charge in [0.1, 0.15) is 11.6 Å². The number of fused-ring (bicyclic) bond motifs is 2. The van der Waals surface area contributed by atoms with Crippen molar-refractivity contribution in [2.75, 3.05) is 5.01 Å². The Kier molecular flexibility index (Phi) is 3.09. The second kappa shape index (κ2) is 5.03. The zero-order chi connectivity index (χ0) is 16.1. The number of ether oxygens (including phenoxy) is 1. The van der Waals surface area contributed by atoms with Gasteiger partial charge in [-0.2, -0.15) is 5.43 Å². The second-order valence-electron chi connectivity index (χ2n) is 5.86. The number of hydrogen-bond acceptors (Lipinski definition) is 3. The summed E-state index contributed by atoms with van der Waals surface area (Å²) in [6.45, 7) is 1.97. The number of hydrogen-bond donors (Lipinski definition) is 1. The van der Waals surface area contributed by atoms with Gasteiger partial charge in [0.2, 0.25) is 5.91 Å². The SMILES string of the molecule is Cc1ccc2c(c1)CC1C(=O)N(c3ccc(F)cc3F)NC1O2. The number of nitrogens with one attached hydrogen (secondary N) is 1. The van der Waals surface area contributed by atoms with Crippen molar-refractivity contribution in [1.29, 1.82) is 0 Å². The molecule has 0 aliphatic carbocycles. The Morgan fingerprint density at radius 2 is 2.04 bits per heavy atom. The minimum atomic E-state index is -0.794. The van der Waals surface area contributed by atoms with Crippen molar-refractivity contribution in [3.63, 3.8) is 0 Å². The predicted octanol–water partition coefficient (Wildman–Crippen LogP) is 2.70. The summed E-state index contributed by atoms with van der Waals surface area (Å²) in [7, 11) is 0. The molecule has 0 bridgehead atoms. The number of aryl methyl sites for hydroxylation is 1. The van der Waals surface area contributed by atoms with Gasteiger partial charge >= 0.3 is 0 Å². The first-order valence-electron chi connectivity index (χ1n) is 7.34. The lowest BCUT2D eigenvalue weighted by Gasteiger charge is -2.26. The molecular weight excluding hydrogens is 302 g/mol. The Morgan fingerprint density at radius 1 is 1.22 bits per heavy atom. The van der Waals surface area contributed by atoms with Gasteiger partial charge in [-0.25, -0.2) is 13.8 Å². The van der Waals surface area contributed by atoms with Crippen LogP contribution in [0.25, 0.3) is 0 Å². The Labute approximate surface area is 131 Å². The number of hydrazine groups is 1. The molecule has 2 aliphatic rings. The standard InChI is InChI=1S/C17H14F2N2O2/c1-9-2-5-15-10(6-9)7-12-16(23-15)20-21(17(12)22)14-4-3-11(18)8-13(14)19/h2-6,8,12,16,20H,7H2,1H3. The number of benzene rings is 2. The molecule has 23 heavy (non-hydrogen) atoms. The Balaban J connectivity index is 1.66. The third-order valence-electron chi connectivity index (χ3n) is 4.22. The van der Waals surface area contributed by atoms with Gasteiger partial charge in [0.15, 0.2) is 12.0 Å². The molecule has 2 atom stereocenters. The molecule has 0 saturated carbocycles. The van der Waals surface area contributed by atoms with Crippen LogP contribution in [0.2, 0.25) is 0 Å². The summed E-state index contributed by atoms with van der Waals surface area (Å²) in [6.07, 6.45) is -0.0329. The van der Waals surface area contributed by atoms with Crippen LogP contribution < -0.4 is 15.2 Å². The van der Waals surface area contributed by atoms with E-state index in [9.17, 15) is 13.6 Å². The van der Waals surface area contributed by atoms with E-state index in [0.29, 0.717) is 6.42 Å². The lowest BCUT2D eigenvalue weighted by molar-refractivity contribution is -0.121. The zero-order valence-corrected chi connectivity index (χ0v) is 12.3. The average Bonchev–Trinajstić information content (AvgIpc) is 2.82. The largest absolute Gasteiger partial charge is 0.473 e. The summed E-state index contributed by atoms with van der Waals surface area (Å²) in [5.74, 6) is -1.48. The Morgan fingerprint density at radius 3 is 2.83 bits per heavy atom. The fourth-order valence-electron chi connectivity index (χ4n) is 3.09. The normalized spacial score (nSPS) is 22.6. The van der Waals surface area contributed by atoms with E-state index in [4.69, 9.17) is 4.74 Å². The molecule has 4 rings (SSSR count). The zero-order valence-electron chi connectivity index (χ0n) is 12.3. The highest BCUT2D eigenvalue weighted by Gasteiger charge is 2.46. The molecule has 4 nitrogen and oxygen atoms in total. The van der Waals surface area contributed by atoms with Crippen LogP contribution in [-0.4, -0.2) is 12.1 Å². The van der Waals surface area contributed by atoms with Gasteiger partial charge in [-0.05, 0) is 37.1 Å². The molecule has 0 radical (unpaired) electrons. The maximum Gasteiger partial charge on any atom is 0.250 e. The fraction of sp³-hybridized carbons (Fsp3) is 0.235. The quantitative estimate of drug-likeness (QED) is 0.879. The number of carbonyl (C=O) groups is 1. The lowest BCUT2D eigenvalue weighted by Crippen LogP contribution is -2.41. The van der Waals surface area contributed by atoms with Crippen molar-refractivity contribution >= 4 is 11.6 Å². The van der Waals surface area contributed by atoms with Gasteiger partial charge in [-0.1, -0.05) is 17.7 Å². The van der Waals surface area contributed by atoms with Gasteiger partial charge in [0.05, 0.1) is 11.6 Å². The van der Waals surface area contributed by atoms with E-state index in [0.717, 1.165) is 34.0 Å². The molecule has 0 aromatic heterocycles. The molecule has 2 heterocycles. The van der Waals surface area contributed by atoms with Gasteiger partial charge < -0.3 is 4.74 Å². The number of halogens is 2. The van der Waals surface area contributed by atoms with Crippen LogP contribution >= 0.6 is 0 Å². The predicted molar refractivity (Wildman–Crippen MR) is 79.8 cm³/mol. The molecule has 1 amide bonds. The molecule has 1 N–H and O–H groups in total. The second-order valence-corrected chi connectivity index (χ2v) is 5.86. The van der Waals surface area contributed by atoms with Gasteiger partial charge in [0.25, 0.3) is 0 Å². The van der Waals surface area contributed by atoms with Crippen LogP contribution in [0.5, 0.6) is 5.75 Å². The third-order valence-corrected chi connectivity index (χ3v) is 4.22. The van der Waals surface area contributed by atoms with Crippen LogP contribution in [0.4, 0.5) is 14.5 Å². The maximum absolute atomic E-state index is 14.0. The summed E-state index contributed by atoms with van der Waals surface area (Å²) in [5.41, 5.74) is 4.92. The van der Waals surface area contributed by atoms with Crippen LogP contribution in [0.3, 0.4) is 0 Å². The van der Waals surface area contributed by atoms with E-state index < -0.39 is 23.8 Å². The molecule has 2 unspecified atom stereocenters. The minimum absolute atomic E-state index is 0.00497. The lowest BCUT2D eigenvalue weighted by atomic mass is 9.93. The number of anilines is 1. The first-order valence-corrected chi connectivity index (χ1v) is 7.34. The van der Waals surface area contributed by atoms with E-state index in [1.165, 1.54) is 6.07 Å². The van der Waals surface area contributed by atoms with Crippen molar-refractivity contribution in [2.24, 2.45) is 5.92 Å². The molecule has 2 aromatic rings. The van der Waals surface area contributed by atoms with Crippen molar-refractivity contribution in [3.05, 3.63) is 59.2 Å². The minimum Gasteiger partial charge on any atom is -0.473 e. The first kappa shape index (κ1) is 14.1. The average molecular weight is 316 g/mol. The number of rotatable bonds is 1. The van der Waals surface area contributed by atoms with E-state index in [2.05, 4.69) is 5.43 Å². The maximum atomic E-state index is 14.0.